The zero-order valence-corrected chi connectivity index (χ0v) is 17.8. The van der Waals surface area contributed by atoms with Gasteiger partial charge in [0.05, 0.1) is 18.5 Å². The minimum Gasteiger partial charge on any atom is -0.493 e. The third-order valence-corrected chi connectivity index (χ3v) is 6.28. The summed E-state index contributed by atoms with van der Waals surface area (Å²) in [5.74, 6) is -1.55. The van der Waals surface area contributed by atoms with Gasteiger partial charge in [-0.2, -0.15) is 0 Å². The first-order valence-electron chi connectivity index (χ1n) is 10.6. The van der Waals surface area contributed by atoms with Crippen molar-refractivity contribution in [2.75, 3.05) is 6.61 Å². The Balaban J connectivity index is 1.96. The van der Waals surface area contributed by atoms with Gasteiger partial charge in [0.25, 0.3) is 0 Å². The minimum atomic E-state index is -1.01. The second-order valence-electron chi connectivity index (χ2n) is 8.12. The van der Waals surface area contributed by atoms with Crippen molar-refractivity contribution in [1.82, 2.24) is 4.98 Å². The fourth-order valence-electron chi connectivity index (χ4n) is 4.80. The Hall–Kier alpha value is -3.54. The van der Waals surface area contributed by atoms with Gasteiger partial charge in [-0.1, -0.05) is 6.92 Å². The Morgan fingerprint density at radius 1 is 1.16 bits per heavy atom. The lowest BCUT2D eigenvalue weighted by Gasteiger charge is -2.22. The van der Waals surface area contributed by atoms with Crippen molar-refractivity contribution in [2.45, 2.75) is 33.1 Å². The van der Waals surface area contributed by atoms with Crippen LogP contribution in [-0.4, -0.2) is 22.7 Å². The zero-order valence-electron chi connectivity index (χ0n) is 17.8. The summed E-state index contributed by atoms with van der Waals surface area (Å²) < 4.78 is 36.0. The maximum atomic E-state index is 15.3. The number of pyridine rings is 1. The molecule has 0 amide bonds. The van der Waals surface area contributed by atoms with E-state index in [-0.39, 0.29) is 23.8 Å². The van der Waals surface area contributed by atoms with E-state index in [1.807, 2.05) is 18.2 Å². The van der Waals surface area contributed by atoms with Gasteiger partial charge in [0.1, 0.15) is 17.4 Å². The van der Waals surface area contributed by atoms with E-state index in [4.69, 9.17) is 4.74 Å². The van der Waals surface area contributed by atoms with Crippen molar-refractivity contribution in [2.24, 2.45) is 0 Å². The molecule has 2 heterocycles. The second kappa shape index (κ2) is 7.55. The summed E-state index contributed by atoms with van der Waals surface area (Å²) in [6.45, 7) is 4.03. The lowest BCUT2D eigenvalue weighted by Crippen LogP contribution is -2.10. The highest BCUT2D eigenvalue weighted by Crippen LogP contribution is 2.43. The van der Waals surface area contributed by atoms with Gasteiger partial charge in [-0.3, -0.25) is 9.78 Å². The molecule has 0 fully saturated rings. The summed E-state index contributed by atoms with van der Waals surface area (Å²) in [5.41, 5.74) is 4.05. The van der Waals surface area contributed by atoms with E-state index >= 15 is 4.39 Å². The smallest absolute Gasteiger partial charge is 0.307 e. The van der Waals surface area contributed by atoms with Crippen LogP contribution in [0.3, 0.4) is 0 Å². The number of ether oxygens (including phenoxy) is 1. The van der Waals surface area contributed by atoms with E-state index < -0.39 is 17.6 Å². The molecule has 4 aromatic rings. The standard InChI is InChI=1S/C26H21F2NO3/c1-3-15-20(27)11-18-19(25(15)28)10-13(2)17(12-22(30)31)24(18)16-4-5-21-23-14(7-9-32-21)6-8-29-26(16)23/h4-6,8,10-11H,3,7,9,12H2,1-2H3,(H,30,31). The predicted molar refractivity (Wildman–Crippen MR) is 119 cm³/mol. The van der Waals surface area contributed by atoms with Crippen molar-refractivity contribution >= 4 is 27.6 Å². The largest absolute Gasteiger partial charge is 0.493 e. The molecule has 6 heteroatoms. The summed E-state index contributed by atoms with van der Waals surface area (Å²) in [4.78, 5) is 16.3. The van der Waals surface area contributed by atoms with Crippen molar-refractivity contribution in [3.63, 3.8) is 0 Å². The van der Waals surface area contributed by atoms with Crippen LogP contribution in [0.2, 0.25) is 0 Å². The van der Waals surface area contributed by atoms with Crippen LogP contribution in [0.15, 0.2) is 36.5 Å². The van der Waals surface area contributed by atoms with E-state index in [9.17, 15) is 14.3 Å². The fourth-order valence-corrected chi connectivity index (χ4v) is 4.80. The maximum absolute atomic E-state index is 15.3. The molecule has 0 atom stereocenters. The molecule has 4 nitrogen and oxygen atoms in total. The summed E-state index contributed by atoms with van der Waals surface area (Å²) in [5, 5.41) is 11.1. The molecule has 0 saturated carbocycles. The molecule has 0 unspecified atom stereocenters. The molecule has 162 valence electrons. The number of carboxylic acid groups (broad SMARTS) is 1. The van der Waals surface area contributed by atoms with Gasteiger partial charge in [0.15, 0.2) is 0 Å². The van der Waals surface area contributed by atoms with Gasteiger partial charge in [0, 0.05) is 34.5 Å². The Labute approximate surface area is 183 Å². The van der Waals surface area contributed by atoms with Gasteiger partial charge in [-0.05, 0) is 71.3 Å². The quantitative estimate of drug-likeness (QED) is 0.444. The van der Waals surface area contributed by atoms with Crippen LogP contribution in [0.25, 0.3) is 32.8 Å². The summed E-state index contributed by atoms with van der Waals surface area (Å²) in [7, 11) is 0. The molecule has 0 aliphatic carbocycles. The van der Waals surface area contributed by atoms with Crippen LogP contribution in [0, 0.1) is 18.6 Å². The monoisotopic (exact) mass is 433 g/mol. The maximum Gasteiger partial charge on any atom is 0.307 e. The fraction of sp³-hybridized carbons (Fsp3) is 0.231. The van der Waals surface area contributed by atoms with Crippen molar-refractivity contribution in [3.8, 4) is 16.9 Å². The topological polar surface area (TPSA) is 59.4 Å². The number of hydrogen-bond acceptors (Lipinski definition) is 3. The molecular weight excluding hydrogens is 412 g/mol. The molecule has 32 heavy (non-hydrogen) atoms. The van der Waals surface area contributed by atoms with Gasteiger partial charge >= 0.3 is 5.97 Å². The molecule has 3 aromatic carbocycles. The summed E-state index contributed by atoms with van der Waals surface area (Å²) >= 11 is 0. The number of rotatable bonds is 4. The van der Waals surface area contributed by atoms with E-state index in [0.717, 1.165) is 17.4 Å². The number of benzene rings is 3. The average molecular weight is 433 g/mol. The number of hydrogen-bond donors (Lipinski definition) is 1. The number of halogens is 2. The van der Waals surface area contributed by atoms with E-state index in [2.05, 4.69) is 4.98 Å². The predicted octanol–water partition coefficient (Wildman–Crippen LogP) is 5.77. The Kier molecular flexibility index (Phi) is 4.81. The number of carbonyl (C=O) groups is 1. The van der Waals surface area contributed by atoms with Crippen LogP contribution < -0.4 is 4.74 Å². The molecule has 1 aliphatic heterocycles. The van der Waals surface area contributed by atoms with Gasteiger partial charge < -0.3 is 9.84 Å². The van der Waals surface area contributed by atoms with E-state index in [1.54, 1.807) is 26.1 Å². The molecule has 5 rings (SSSR count). The Morgan fingerprint density at radius 2 is 1.97 bits per heavy atom. The normalized spacial score (nSPS) is 12.9. The van der Waals surface area contributed by atoms with Crippen LogP contribution in [0.1, 0.15) is 29.2 Å². The number of fused-ring (bicyclic) bond motifs is 1. The molecule has 1 N–H and O–H groups in total. The molecule has 0 spiro atoms. The van der Waals surface area contributed by atoms with Crippen molar-refractivity contribution in [1.29, 1.82) is 0 Å². The number of carboxylic acids is 1. The summed E-state index contributed by atoms with van der Waals surface area (Å²) in [6, 6.07) is 8.52. The van der Waals surface area contributed by atoms with Crippen LogP contribution in [0.5, 0.6) is 5.75 Å². The van der Waals surface area contributed by atoms with Gasteiger partial charge in [-0.25, -0.2) is 8.78 Å². The van der Waals surface area contributed by atoms with E-state index in [0.29, 0.717) is 45.5 Å². The van der Waals surface area contributed by atoms with Crippen molar-refractivity contribution in [3.05, 3.63) is 70.4 Å². The second-order valence-corrected chi connectivity index (χ2v) is 8.12. The molecular formula is C26H21F2NO3. The van der Waals surface area contributed by atoms with Crippen LogP contribution in [-0.2, 0) is 24.1 Å². The minimum absolute atomic E-state index is 0.0252. The SMILES string of the molecule is CCc1c(F)cc2c(-c3ccc4c5c(ccnc35)CCO4)c(CC(=O)O)c(C)cc2c1F. The van der Waals surface area contributed by atoms with Crippen LogP contribution >= 0.6 is 0 Å². The van der Waals surface area contributed by atoms with Crippen molar-refractivity contribution < 1.29 is 23.4 Å². The highest BCUT2D eigenvalue weighted by molar-refractivity contribution is 6.08. The first-order valence-corrected chi connectivity index (χ1v) is 10.6. The van der Waals surface area contributed by atoms with Crippen LogP contribution in [0.4, 0.5) is 8.78 Å². The molecule has 1 aliphatic rings. The average Bonchev–Trinajstić information content (AvgIpc) is 2.76. The summed E-state index contributed by atoms with van der Waals surface area (Å²) in [6.07, 6.45) is 2.39. The lowest BCUT2D eigenvalue weighted by molar-refractivity contribution is -0.136. The Bertz CT molecular complexity index is 1420. The lowest BCUT2D eigenvalue weighted by atomic mass is 9.86. The first-order chi connectivity index (χ1) is 15.4. The zero-order chi connectivity index (χ0) is 22.6. The number of nitrogens with zero attached hydrogens (tertiary/aromatic N) is 1. The third-order valence-electron chi connectivity index (χ3n) is 6.28. The number of aryl methyl sites for hydroxylation is 1. The third kappa shape index (κ3) is 3.01. The number of aromatic nitrogens is 1. The highest BCUT2D eigenvalue weighted by atomic mass is 19.1. The van der Waals surface area contributed by atoms with E-state index in [1.165, 1.54) is 6.07 Å². The first kappa shape index (κ1) is 20.4. The molecule has 0 bridgehead atoms. The molecule has 1 aromatic heterocycles. The van der Waals surface area contributed by atoms with Gasteiger partial charge in [0.2, 0.25) is 0 Å². The molecule has 0 radical (unpaired) electrons. The number of aliphatic carboxylic acids is 1. The molecule has 0 saturated heterocycles. The Morgan fingerprint density at radius 3 is 2.72 bits per heavy atom. The highest BCUT2D eigenvalue weighted by Gasteiger charge is 2.24. The van der Waals surface area contributed by atoms with Gasteiger partial charge in [-0.15, -0.1) is 0 Å².